The Labute approximate surface area is 126 Å². The number of rotatable bonds is 8. The lowest BCUT2D eigenvalue weighted by molar-refractivity contribution is -0.143. The molecule has 0 aromatic rings. The summed E-state index contributed by atoms with van der Waals surface area (Å²) in [5, 5.41) is 13.6. The Balaban J connectivity index is 2.60. The van der Waals surface area contributed by atoms with Crippen LogP contribution in [0.15, 0.2) is 0 Å². The largest absolute Gasteiger partial charge is 0.480 e. The molecular weight excluding hydrogens is 296 g/mol. The summed E-state index contributed by atoms with van der Waals surface area (Å²) >= 11 is 0. The summed E-state index contributed by atoms with van der Waals surface area (Å²) in [6.45, 7) is 3.02. The van der Waals surface area contributed by atoms with Crippen LogP contribution in [-0.4, -0.2) is 59.6 Å². The first kappa shape index (κ1) is 17.9. The van der Waals surface area contributed by atoms with Crippen LogP contribution in [0.1, 0.15) is 13.8 Å². The van der Waals surface area contributed by atoms with Gasteiger partial charge in [0.25, 0.3) is 5.91 Å². The molecule has 22 heavy (non-hydrogen) atoms. The number of hydrogen-bond donors (Lipinski definition) is 5. The first-order chi connectivity index (χ1) is 10.2. The molecule has 0 aliphatic carbocycles. The van der Waals surface area contributed by atoms with Crippen LogP contribution in [0, 0.1) is 5.92 Å². The molecule has 4 atom stereocenters. The number of aliphatic carboxylic acids is 1. The second-order valence-corrected chi connectivity index (χ2v) is 5.25. The first-order valence-corrected chi connectivity index (χ1v) is 6.67. The van der Waals surface area contributed by atoms with Crippen molar-refractivity contribution in [3.63, 3.8) is 0 Å². The number of epoxide rings is 1. The molecular formula is C12H20N4O6. The third kappa shape index (κ3) is 4.40. The molecule has 0 bridgehead atoms. The van der Waals surface area contributed by atoms with Crippen LogP contribution < -0.4 is 22.1 Å². The maximum absolute atomic E-state index is 12.0. The molecule has 0 saturated carbocycles. The zero-order valence-electron chi connectivity index (χ0n) is 12.2. The highest BCUT2D eigenvalue weighted by Gasteiger charge is 2.50. The molecule has 0 spiro atoms. The molecule has 0 unspecified atom stereocenters. The van der Waals surface area contributed by atoms with E-state index in [1.165, 1.54) is 0 Å². The van der Waals surface area contributed by atoms with Crippen molar-refractivity contribution in [3.05, 3.63) is 0 Å². The van der Waals surface area contributed by atoms with Crippen LogP contribution >= 0.6 is 0 Å². The van der Waals surface area contributed by atoms with Crippen molar-refractivity contribution in [1.29, 1.82) is 0 Å². The van der Waals surface area contributed by atoms with E-state index in [9.17, 15) is 19.2 Å². The molecule has 7 N–H and O–H groups in total. The summed E-state index contributed by atoms with van der Waals surface area (Å²) in [4.78, 5) is 45.6. The minimum Gasteiger partial charge on any atom is -0.480 e. The van der Waals surface area contributed by atoms with Crippen LogP contribution in [0.5, 0.6) is 0 Å². The summed E-state index contributed by atoms with van der Waals surface area (Å²) in [6.07, 6.45) is -2.05. The van der Waals surface area contributed by atoms with E-state index in [4.69, 9.17) is 21.3 Å². The van der Waals surface area contributed by atoms with Crippen molar-refractivity contribution >= 4 is 23.7 Å². The van der Waals surface area contributed by atoms with Gasteiger partial charge in [0.2, 0.25) is 11.8 Å². The summed E-state index contributed by atoms with van der Waals surface area (Å²) in [7, 11) is 0. The Morgan fingerprint density at radius 2 is 1.77 bits per heavy atom. The second-order valence-electron chi connectivity index (χ2n) is 5.25. The van der Waals surface area contributed by atoms with E-state index >= 15 is 0 Å². The van der Waals surface area contributed by atoms with Gasteiger partial charge in [0.05, 0.1) is 0 Å². The van der Waals surface area contributed by atoms with Gasteiger partial charge >= 0.3 is 5.97 Å². The molecule has 1 saturated heterocycles. The topological polar surface area (TPSA) is 177 Å². The highest BCUT2D eigenvalue weighted by molar-refractivity contribution is 5.97. The molecule has 3 amide bonds. The highest BCUT2D eigenvalue weighted by atomic mass is 16.6. The Morgan fingerprint density at radius 3 is 2.14 bits per heavy atom. The van der Waals surface area contributed by atoms with E-state index in [2.05, 4.69) is 10.6 Å². The number of carbonyl (C=O) groups excluding carboxylic acids is 3. The summed E-state index contributed by atoms with van der Waals surface area (Å²) in [5.74, 6) is -3.75. The van der Waals surface area contributed by atoms with Crippen LogP contribution in [-0.2, 0) is 23.9 Å². The predicted octanol–water partition coefficient (Wildman–Crippen LogP) is -3.09. The van der Waals surface area contributed by atoms with Gasteiger partial charge in [-0.1, -0.05) is 13.8 Å². The number of hydrogen-bond acceptors (Lipinski definition) is 6. The third-order valence-corrected chi connectivity index (χ3v) is 3.13. The highest BCUT2D eigenvalue weighted by Crippen LogP contribution is 2.21. The van der Waals surface area contributed by atoms with Gasteiger partial charge in [-0.3, -0.25) is 14.4 Å². The number of carbonyl (C=O) groups is 4. The Morgan fingerprint density at radius 1 is 1.18 bits per heavy atom. The zero-order valence-corrected chi connectivity index (χ0v) is 12.2. The van der Waals surface area contributed by atoms with Gasteiger partial charge in [-0.2, -0.15) is 0 Å². The normalized spacial score (nSPS) is 22.5. The molecule has 1 aliphatic rings. The molecule has 124 valence electrons. The van der Waals surface area contributed by atoms with Gasteiger partial charge in [-0.15, -0.1) is 0 Å². The van der Waals surface area contributed by atoms with E-state index in [0.717, 1.165) is 0 Å². The van der Waals surface area contributed by atoms with Gasteiger partial charge in [0.15, 0.2) is 12.2 Å². The van der Waals surface area contributed by atoms with E-state index < -0.39 is 48.0 Å². The Bertz CT molecular complexity index is 480. The lowest BCUT2D eigenvalue weighted by Gasteiger charge is -2.22. The fourth-order valence-electron chi connectivity index (χ4n) is 1.78. The van der Waals surface area contributed by atoms with Gasteiger partial charge in [-0.25, -0.2) is 4.79 Å². The molecule has 0 aromatic heterocycles. The quantitative estimate of drug-likeness (QED) is 0.294. The summed E-state index contributed by atoms with van der Waals surface area (Å²) < 4.78 is 4.77. The van der Waals surface area contributed by atoms with Gasteiger partial charge in [-0.05, 0) is 5.92 Å². The fourth-order valence-corrected chi connectivity index (χ4v) is 1.78. The van der Waals surface area contributed by atoms with Crippen molar-refractivity contribution in [2.45, 2.75) is 38.1 Å². The number of primary amides is 1. The maximum Gasteiger partial charge on any atom is 0.326 e. The Hall–Kier alpha value is -2.20. The van der Waals surface area contributed by atoms with Gasteiger partial charge < -0.3 is 31.9 Å². The zero-order chi connectivity index (χ0) is 17.0. The number of nitrogens with two attached hydrogens (primary N) is 2. The minimum absolute atomic E-state index is 0.240. The number of carboxylic acids is 1. The number of ether oxygens (including phenoxy) is 1. The SMILES string of the molecule is CC(C)[C@H](NC(=O)[C@H](CN)NC(=O)[C@H]1O[C@@H]1C(N)=O)C(=O)O. The van der Waals surface area contributed by atoms with Crippen LogP contribution in [0.4, 0.5) is 0 Å². The van der Waals surface area contributed by atoms with Crippen molar-refractivity contribution in [1.82, 2.24) is 10.6 Å². The van der Waals surface area contributed by atoms with Gasteiger partial charge in [0.1, 0.15) is 12.1 Å². The standard InChI is InChI=1S/C12H20N4O6/c1-4(2)6(12(20)21)16-10(18)5(3-13)15-11(19)8-7(22-8)9(14)17/h4-8H,3,13H2,1-2H3,(H2,14,17)(H,15,19)(H,16,18)(H,20,21)/t5-,6-,7-,8-/m0/s1. The second kappa shape index (κ2) is 7.18. The van der Waals surface area contributed by atoms with Crippen LogP contribution in [0.25, 0.3) is 0 Å². The van der Waals surface area contributed by atoms with E-state index in [0.29, 0.717) is 0 Å². The fraction of sp³-hybridized carbons (Fsp3) is 0.667. The maximum atomic E-state index is 12.0. The van der Waals surface area contributed by atoms with Crippen molar-refractivity contribution < 1.29 is 29.0 Å². The smallest absolute Gasteiger partial charge is 0.326 e. The Kier molecular flexibility index (Phi) is 5.83. The molecule has 1 heterocycles. The van der Waals surface area contributed by atoms with Gasteiger partial charge in [0, 0.05) is 6.54 Å². The number of nitrogens with one attached hydrogen (secondary N) is 2. The monoisotopic (exact) mass is 316 g/mol. The molecule has 0 radical (unpaired) electrons. The van der Waals surface area contributed by atoms with Crippen LogP contribution in [0.2, 0.25) is 0 Å². The van der Waals surface area contributed by atoms with E-state index in [1.807, 2.05) is 0 Å². The summed E-state index contributed by atoms with van der Waals surface area (Å²) in [5.41, 5.74) is 10.4. The molecule has 1 aliphatic heterocycles. The third-order valence-electron chi connectivity index (χ3n) is 3.13. The number of amides is 3. The molecule has 1 rings (SSSR count). The molecule has 10 nitrogen and oxygen atoms in total. The lowest BCUT2D eigenvalue weighted by atomic mass is 10.0. The first-order valence-electron chi connectivity index (χ1n) is 6.67. The van der Waals surface area contributed by atoms with Crippen molar-refractivity contribution in [2.24, 2.45) is 17.4 Å². The predicted molar refractivity (Wildman–Crippen MR) is 73.2 cm³/mol. The lowest BCUT2D eigenvalue weighted by Crippen LogP contribution is -2.56. The van der Waals surface area contributed by atoms with E-state index in [-0.39, 0.29) is 12.5 Å². The summed E-state index contributed by atoms with van der Waals surface area (Å²) in [6, 6.07) is -2.24. The van der Waals surface area contributed by atoms with Crippen LogP contribution in [0.3, 0.4) is 0 Å². The average Bonchev–Trinajstić information content (AvgIpc) is 3.21. The van der Waals surface area contributed by atoms with Crippen molar-refractivity contribution in [2.75, 3.05) is 6.54 Å². The molecule has 1 fully saturated rings. The van der Waals surface area contributed by atoms with Crippen molar-refractivity contribution in [3.8, 4) is 0 Å². The van der Waals surface area contributed by atoms with E-state index in [1.54, 1.807) is 13.8 Å². The average molecular weight is 316 g/mol. The molecule has 0 aromatic carbocycles. The minimum atomic E-state index is -1.19. The molecule has 10 heteroatoms. The number of carboxylic acid groups (broad SMARTS) is 1.